The molecule has 0 amide bonds. The Bertz CT molecular complexity index is 855. The largest absolute Gasteiger partial charge is 0.493 e. The lowest BCUT2D eigenvalue weighted by atomic mass is 10.3. The second kappa shape index (κ2) is 6.81. The van der Waals surface area contributed by atoms with E-state index in [0.29, 0.717) is 0 Å². The molecule has 0 aliphatic carbocycles. The van der Waals surface area contributed by atoms with Crippen molar-refractivity contribution in [3.8, 4) is 11.5 Å². The summed E-state index contributed by atoms with van der Waals surface area (Å²) < 4.78 is 62.5. The number of halogens is 3. The Kier molecular flexibility index (Phi) is 5.19. The quantitative estimate of drug-likeness (QED) is 0.832. The predicted molar refractivity (Wildman–Crippen MR) is 83.4 cm³/mol. The number of hydrogen-bond donors (Lipinski definition) is 1. The van der Waals surface area contributed by atoms with Gasteiger partial charge in [-0.05, 0) is 19.1 Å². The number of aryl methyl sites for hydroxylation is 2. The number of methoxy groups -OCH3 is 1. The number of anilines is 1. The predicted octanol–water partition coefficient (Wildman–Crippen LogP) is 2.79. The lowest BCUT2D eigenvalue weighted by Gasteiger charge is -2.13. The minimum atomic E-state index is -4.07. The normalized spacial score (nSPS) is 11.6. The second-order valence-corrected chi connectivity index (χ2v) is 6.66. The zero-order chi connectivity index (χ0) is 18.1. The summed E-state index contributed by atoms with van der Waals surface area (Å²) in [5.41, 5.74) is 0.207. The summed E-state index contributed by atoms with van der Waals surface area (Å²) in [7, 11) is -1.30. The van der Waals surface area contributed by atoms with Crippen LogP contribution in [0.3, 0.4) is 0 Å². The topological polar surface area (TPSA) is 82.5 Å². The number of sulfonamides is 1. The fourth-order valence-corrected chi connectivity index (χ4v) is 3.85. The van der Waals surface area contributed by atoms with Gasteiger partial charge in [0.2, 0.25) is 0 Å². The van der Waals surface area contributed by atoms with Gasteiger partial charge in [-0.3, -0.25) is 9.40 Å². The second-order valence-electron chi connectivity index (χ2n) is 4.68. The van der Waals surface area contributed by atoms with Gasteiger partial charge < -0.3 is 9.47 Å². The lowest BCUT2D eigenvalue weighted by molar-refractivity contribution is -0.0511. The summed E-state index contributed by atoms with van der Waals surface area (Å²) in [6, 6.07) is 3.73. The van der Waals surface area contributed by atoms with E-state index >= 15 is 0 Å². The van der Waals surface area contributed by atoms with Gasteiger partial charge >= 0.3 is 6.61 Å². The molecule has 1 N–H and O–H groups in total. The van der Waals surface area contributed by atoms with Crippen LogP contribution in [0, 0.1) is 6.92 Å². The molecule has 0 saturated heterocycles. The molecule has 0 aliphatic heterocycles. The minimum absolute atomic E-state index is 0.00534. The lowest BCUT2D eigenvalue weighted by Crippen LogP contribution is -2.14. The van der Waals surface area contributed by atoms with Crippen molar-refractivity contribution in [2.45, 2.75) is 18.4 Å². The molecule has 2 aromatic rings. The van der Waals surface area contributed by atoms with Crippen LogP contribution in [0.2, 0.25) is 5.15 Å². The molecule has 0 spiro atoms. The number of nitrogens with one attached hydrogen (secondary N) is 1. The van der Waals surface area contributed by atoms with Crippen molar-refractivity contribution in [3.05, 3.63) is 29.0 Å². The van der Waals surface area contributed by atoms with Gasteiger partial charge in [-0.15, -0.1) is 0 Å². The van der Waals surface area contributed by atoms with Crippen molar-refractivity contribution in [1.29, 1.82) is 0 Å². The molecule has 1 aromatic carbocycles. The summed E-state index contributed by atoms with van der Waals surface area (Å²) in [5, 5.41) is 3.85. The van der Waals surface area contributed by atoms with E-state index in [1.54, 1.807) is 0 Å². The van der Waals surface area contributed by atoms with Crippen LogP contribution in [-0.4, -0.2) is 31.9 Å². The van der Waals surface area contributed by atoms with E-state index in [4.69, 9.17) is 16.3 Å². The highest BCUT2D eigenvalue weighted by molar-refractivity contribution is 7.92. The first-order chi connectivity index (χ1) is 11.2. The van der Waals surface area contributed by atoms with Gasteiger partial charge in [0.15, 0.2) is 11.5 Å². The molecule has 1 aromatic heterocycles. The monoisotopic (exact) mass is 381 g/mol. The maximum absolute atomic E-state index is 12.5. The third-order valence-electron chi connectivity index (χ3n) is 3.00. The van der Waals surface area contributed by atoms with E-state index < -0.39 is 16.6 Å². The number of aromatic nitrogens is 2. The average molecular weight is 382 g/mol. The van der Waals surface area contributed by atoms with Gasteiger partial charge in [0.1, 0.15) is 10.0 Å². The van der Waals surface area contributed by atoms with Gasteiger partial charge in [-0.25, -0.2) is 8.42 Å². The molecule has 11 heteroatoms. The standard InChI is InChI=1S/C13H14ClF2N3O4S/c1-7-11(12(14)19(2)17-7)24(20,21)18-8-4-5-9(22-3)10(6-8)23-13(15)16/h4-6,13,18H,1-3H3. The van der Waals surface area contributed by atoms with E-state index in [1.165, 1.54) is 37.9 Å². The number of hydrogen-bond acceptors (Lipinski definition) is 5. The number of ether oxygens (including phenoxy) is 2. The first-order valence-electron chi connectivity index (χ1n) is 6.50. The molecule has 0 aliphatic rings. The molecule has 0 saturated carbocycles. The number of rotatable bonds is 6. The van der Waals surface area contributed by atoms with Crippen LogP contribution in [0.15, 0.2) is 23.1 Å². The Morgan fingerprint density at radius 3 is 2.50 bits per heavy atom. The molecule has 7 nitrogen and oxygen atoms in total. The van der Waals surface area contributed by atoms with Crippen molar-refractivity contribution in [1.82, 2.24) is 9.78 Å². The fraction of sp³-hybridized carbons (Fsp3) is 0.308. The Morgan fingerprint density at radius 2 is 2.00 bits per heavy atom. The van der Waals surface area contributed by atoms with Crippen molar-refractivity contribution in [2.75, 3.05) is 11.8 Å². The van der Waals surface area contributed by atoms with Crippen molar-refractivity contribution in [2.24, 2.45) is 7.05 Å². The summed E-state index contributed by atoms with van der Waals surface area (Å²) in [6.45, 7) is -1.60. The van der Waals surface area contributed by atoms with Gasteiger partial charge in [0.05, 0.1) is 18.5 Å². The molecule has 0 radical (unpaired) electrons. The van der Waals surface area contributed by atoms with Crippen molar-refractivity contribution < 1.29 is 26.7 Å². The highest BCUT2D eigenvalue weighted by Gasteiger charge is 2.25. The average Bonchev–Trinajstić information content (AvgIpc) is 2.71. The van der Waals surface area contributed by atoms with Crippen molar-refractivity contribution >= 4 is 27.3 Å². The Hall–Kier alpha value is -2.07. The molecular weight excluding hydrogens is 368 g/mol. The molecular formula is C13H14ClF2N3O4S. The summed E-state index contributed by atoms with van der Waals surface area (Å²) in [4.78, 5) is -0.196. The molecule has 24 heavy (non-hydrogen) atoms. The maximum atomic E-state index is 12.5. The van der Waals surface area contributed by atoms with Crippen LogP contribution in [0.5, 0.6) is 11.5 Å². The van der Waals surface area contributed by atoms with Crippen LogP contribution in [0.4, 0.5) is 14.5 Å². The molecule has 0 atom stereocenters. The molecule has 0 unspecified atom stereocenters. The van der Waals surface area contributed by atoms with E-state index in [2.05, 4.69) is 14.6 Å². The molecule has 2 rings (SSSR count). The highest BCUT2D eigenvalue weighted by Crippen LogP contribution is 2.33. The first-order valence-corrected chi connectivity index (χ1v) is 8.36. The Balaban J connectivity index is 2.39. The summed E-state index contributed by atoms with van der Waals surface area (Å²) in [5.74, 6) is -0.268. The molecule has 132 valence electrons. The third-order valence-corrected chi connectivity index (χ3v) is 5.08. The van der Waals surface area contributed by atoms with Gasteiger partial charge in [-0.1, -0.05) is 11.6 Å². The summed E-state index contributed by atoms with van der Waals surface area (Å²) in [6.07, 6.45) is 0. The number of nitrogens with zero attached hydrogens (tertiary/aromatic N) is 2. The van der Waals surface area contributed by atoms with Crippen molar-refractivity contribution in [3.63, 3.8) is 0 Å². The van der Waals surface area contributed by atoms with Crippen LogP contribution >= 0.6 is 11.6 Å². The zero-order valence-electron chi connectivity index (χ0n) is 12.9. The first kappa shape index (κ1) is 18.3. The van der Waals surface area contributed by atoms with E-state index in [0.717, 1.165) is 6.07 Å². The SMILES string of the molecule is COc1ccc(NS(=O)(=O)c2c(C)nn(C)c2Cl)cc1OC(F)F. The van der Waals surface area contributed by atoms with E-state index in [1.807, 2.05) is 0 Å². The third kappa shape index (κ3) is 3.70. The van der Waals surface area contributed by atoms with Crippen LogP contribution in [0.1, 0.15) is 5.69 Å². The number of alkyl halides is 2. The molecule has 0 bridgehead atoms. The molecule has 0 fully saturated rings. The maximum Gasteiger partial charge on any atom is 0.387 e. The fourth-order valence-electron chi connectivity index (χ4n) is 2.05. The minimum Gasteiger partial charge on any atom is -0.493 e. The Morgan fingerprint density at radius 1 is 1.33 bits per heavy atom. The smallest absolute Gasteiger partial charge is 0.387 e. The van der Waals surface area contributed by atoms with Crippen LogP contribution in [0.25, 0.3) is 0 Å². The van der Waals surface area contributed by atoms with Gasteiger partial charge in [-0.2, -0.15) is 13.9 Å². The van der Waals surface area contributed by atoms with Gasteiger partial charge in [0.25, 0.3) is 10.0 Å². The molecule has 1 heterocycles. The van der Waals surface area contributed by atoms with E-state index in [-0.39, 0.29) is 32.9 Å². The van der Waals surface area contributed by atoms with Crippen LogP contribution in [-0.2, 0) is 17.1 Å². The van der Waals surface area contributed by atoms with E-state index in [9.17, 15) is 17.2 Å². The van der Waals surface area contributed by atoms with Crippen LogP contribution < -0.4 is 14.2 Å². The zero-order valence-corrected chi connectivity index (χ0v) is 14.5. The Labute approximate surface area is 142 Å². The summed E-state index contributed by atoms with van der Waals surface area (Å²) >= 11 is 5.95. The highest BCUT2D eigenvalue weighted by atomic mass is 35.5. The van der Waals surface area contributed by atoms with Gasteiger partial charge in [0, 0.05) is 13.1 Å². The number of benzene rings is 1.